The maximum Gasteiger partial charge on any atom is 0.323 e. The molecule has 0 radical (unpaired) electrons. The van der Waals surface area contributed by atoms with Crippen molar-refractivity contribution in [1.29, 1.82) is 0 Å². The number of hydrogen-bond donors (Lipinski definition) is 1. The smallest absolute Gasteiger partial charge is 0.323 e. The van der Waals surface area contributed by atoms with Gasteiger partial charge in [0.15, 0.2) is 17.5 Å². The highest BCUT2D eigenvalue weighted by Gasteiger charge is 2.18. The third-order valence-electron chi connectivity index (χ3n) is 2.88. The Bertz CT molecular complexity index is 859. The molecule has 0 aliphatic heterocycles. The Balaban J connectivity index is 2.29. The fraction of sp³-hybridized carbons (Fsp3) is 0.0769. The first-order valence-electron chi connectivity index (χ1n) is 5.78. The molecule has 108 valence electrons. The Labute approximate surface area is 129 Å². The molecule has 21 heavy (non-hydrogen) atoms. The van der Waals surface area contributed by atoms with Gasteiger partial charge in [-0.25, -0.2) is 13.8 Å². The van der Waals surface area contributed by atoms with Crippen molar-refractivity contribution in [3.05, 3.63) is 39.7 Å². The molecule has 0 spiro atoms. The van der Waals surface area contributed by atoms with E-state index in [0.717, 1.165) is 15.9 Å². The van der Waals surface area contributed by atoms with Crippen LogP contribution in [0.25, 0.3) is 21.7 Å². The van der Waals surface area contributed by atoms with Crippen LogP contribution in [0.5, 0.6) is 0 Å². The predicted octanol–water partition coefficient (Wildman–Crippen LogP) is 3.89. The summed E-state index contributed by atoms with van der Waals surface area (Å²) in [5.74, 6) is -2.77. The van der Waals surface area contributed by atoms with E-state index in [-0.39, 0.29) is 17.6 Å². The first-order chi connectivity index (χ1) is 9.95. The molecule has 2 aromatic heterocycles. The van der Waals surface area contributed by atoms with Crippen LogP contribution in [0.3, 0.4) is 0 Å². The van der Waals surface area contributed by atoms with Crippen LogP contribution in [-0.4, -0.2) is 20.6 Å². The summed E-state index contributed by atoms with van der Waals surface area (Å²) >= 11 is 4.68. The number of aromatic nitrogens is 2. The van der Waals surface area contributed by atoms with E-state index in [2.05, 4.69) is 20.9 Å². The minimum Gasteiger partial charge on any atom is -0.480 e. The van der Waals surface area contributed by atoms with Crippen molar-refractivity contribution in [2.24, 2.45) is 0 Å². The second-order valence-electron chi connectivity index (χ2n) is 4.27. The summed E-state index contributed by atoms with van der Waals surface area (Å²) in [6.45, 7) is -0.383. The van der Waals surface area contributed by atoms with Crippen LogP contribution in [0, 0.1) is 11.6 Å². The van der Waals surface area contributed by atoms with Gasteiger partial charge in [-0.1, -0.05) is 0 Å². The first kappa shape index (κ1) is 14.2. The van der Waals surface area contributed by atoms with Gasteiger partial charge in [0.25, 0.3) is 0 Å². The number of rotatable bonds is 3. The zero-order valence-corrected chi connectivity index (χ0v) is 12.7. The maximum atomic E-state index is 13.4. The maximum absolute atomic E-state index is 13.4. The van der Waals surface area contributed by atoms with E-state index in [1.54, 1.807) is 12.1 Å². The van der Waals surface area contributed by atoms with Crippen LogP contribution in [0.15, 0.2) is 28.1 Å². The number of thiophene rings is 1. The van der Waals surface area contributed by atoms with Gasteiger partial charge in [0.05, 0.1) is 19.7 Å². The van der Waals surface area contributed by atoms with Crippen LogP contribution >= 0.6 is 27.3 Å². The quantitative estimate of drug-likeness (QED) is 0.758. The third-order valence-corrected chi connectivity index (χ3v) is 4.50. The Morgan fingerprint density at radius 1 is 1.33 bits per heavy atom. The van der Waals surface area contributed by atoms with Gasteiger partial charge in [0.1, 0.15) is 6.54 Å². The summed E-state index contributed by atoms with van der Waals surface area (Å²) in [4.78, 5) is 16.0. The van der Waals surface area contributed by atoms with E-state index in [0.29, 0.717) is 10.7 Å². The van der Waals surface area contributed by atoms with E-state index in [1.807, 2.05) is 0 Å². The zero-order valence-electron chi connectivity index (χ0n) is 10.3. The van der Waals surface area contributed by atoms with E-state index < -0.39 is 17.6 Å². The Morgan fingerprint density at radius 3 is 2.67 bits per heavy atom. The molecule has 0 amide bonds. The molecule has 0 saturated heterocycles. The highest BCUT2D eigenvalue weighted by molar-refractivity contribution is 9.11. The highest BCUT2D eigenvalue weighted by atomic mass is 79.9. The van der Waals surface area contributed by atoms with Crippen LogP contribution in [-0.2, 0) is 11.3 Å². The molecule has 8 heteroatoms. The average Bonchev–Trinajstić information content (AvgIpc) is 2.95. The number of halogens is 3. The van der Waals surface area contributed by atoms with E-state index in [9.17, 15) is 13.6 Å². The second kappa shape index (κ2) is 5.19. The summed E-state index contributed by atoms with van der Waals surface area (Å²) < 4.78 is 28.9. The minimum atomic E-state index is -1.09. The molecule has 0 saturated carbocycles. The van der Waals surface area contributed by atoms with Gasteiger partial charge >= 0.3 is 5.97 Å². The Morgan fingerprint density at radius 2 is 2.05 bits per heavy atom. The fourth-order valence-electron chi connectivity index (χ4n) is 2.04. The van der Waals surface area contributed by atoms with Crippen molar-refractivity contribution in [2.75, 3.05) is 0 Å². The molecular weight excluding hydrogens is 366 g/mol. The molecule has 3 aromatic rings. The van der Waals surface area contributed by atoms with Crippen molar-refractivity contribution in [3.63, 3.8) is 0 Å². The van der Waals surface area contributed by atoms with Gasteiger partial charge in [-0.05, 0) is 28.1 Å². The number of carboxylic acids is 1. The summed E-state index contributed by atoms with van der Waals surface area (Å²) in [6.07, 6.45) is 0. The topological polar surface area (TPSA) is 55.1 Å². The molecule has 4 nitrogen and oxygen atoms in total. The third kappa shape index (κ3) is 2.56. The van der Waals surface area contributed by atoms with Crippen LogP contribution in [0.1, 0.15) is 0 Å². The molecule has 0 fully saturated rings. The lowest BCUT2D eigenvalue weighted by Crippen LogP contribution is -2.09. The van der Waals surface area contributed by atoms with E-state index in [1.165, 1.54) is 15.9 Å². The minimum absolute atomic E-state index is 0.217. The molecule has 0 aliphatic rings. The zero-order chi connectivity index (χ0) is 15.1. The van der Waals surface area contributed by atoms with Crippen LogP contribution in [0.4, 0.5) is 8.78 Å². The van der Waals surface area contributed by atoms with Crippen LogP contribution < -0.4 is 0 Å². The van der Waals surface area contributed by atoms with Gasteiger partial charge in [-0.15, -0.1) is 11.3 Å². The van der Waals surface area contributed by atoms with Gasteiger partial charge < -0.3 is 9.67 Å². The van der Waals surface area contributed by atoms with Gasteiger partial charge in [0.2, 0.25) is 0 Å². The number of imidazole rings is 1. The van der Waals surface area contributed by atoms with Gasteiger partial charge in [0, 0.05) is 12.1 Å². The lowest BCUT2D eigenvalue weighted by atomic mass is 10.3. The molecule has 1 N–H and O–H groups in total. The average molecular weight is 373 g/mol. The molecule has 0 atom stereocenters. The Kier molecular flexibility index (Phi) is 3.50. The van der Waals surface area contributed by atoms with E-state index in [4.69, 9.17) is 5.11 Å². The number of fused-ring (bicyclic) bond motifs is 1. The normalized spacial score (nSPS) is 11.2. The number of benzene rings is 1. The van der Waals surface area contributed by atoms with Crippen molar-refractivity contribution in [3.8, 4) is 10.7 Å². The standard InChI is InChI=1S/C13H7BrF2N2O2S/c14-11-2-1-10(21-11)13-17-8-3-6(15)7(16)4-9(8)18(13)5-12(19)20/h1-4H,5H2,(H,19,20). The monoisotopic (exact) mass is 372 g/mol. The van der Waals surface area contributed by atoms with Crippen LogP contribution in [0.2, 0.25) is 0 Å². The molecule has 0 bridgehead atoms. The van der Waals surface area contributed by atoms with Crippen molar-refractivity contribution in [2.45, 2.75) is 6.54 Å². The molecule has 0 aliphatic carbocycles. The second-order valence-corrected chi connectivity index (χ2v) is 6.74. The molecule has 0 unspecified atom stereocenters. The fourth-order valence-corrected chi connectivity index (χ4v) is 3.42. The summed E-state index contributed by atoms with van der Waals surface area (Å²) in [7, 11) is 0. The summed E-state index contributed by atoms with van der Waals surface area (Å²) in [5, 5.41) is 9.02. The number of aliphatic carboxylic acids is 1. The number of nitrogens with zero attached hydrogens (tertiary/aromatic N) is 2. The Hall–Kier alpha value is -1.80. The van der Waals surface area contributed by atoms with Crippen molar-refractivity contribution < 1.29 is 18.7 Å². The predicted molar refractivity (Wildman–Crippen MR) is 78.3 cm³/mol. The molecular formula is C13H7BrF2N2O2S. The van der Waals surface area contributed by atoms with Crippen molar-refractivity contribution >= 4 is 44.3 Å². The summed E-state index contributed by atoms with van der Waals surface area (Å²) in [6, 6.07) is 5.49. The largest absolute Gasteiger partial charge is 0.480 e. The lowest BCUT2D eigenvalue weighted by Gasteiger charge is -2.04. The molecule has 3 rings (SSSR count). The number of carboxylic acid groups (broad SMARTS) is 1. The first-order valence-corrected chi connectivity index (χ1v) is 7.39. The number of carbonyl (C=O) groups is 1. The molecule has 1 aromatic carbocycles. The summed E-state index contributed by atoms with van der Waals surface area (Å²) in [5.41, 5.74) is 0.463. The van der Waals surface area contributed by atoms with Crippen molar-refractivity contribution in [1.82, 2.24) is 9.55 Å². The number of hydrogen-bond acceptors (Lipinski definition) is 3. The SMILES string of the molecule is O=C(O)Cn1c(-c2ccc(Br)s2)nc2cc(F)c(F)cc21. The van der Waals surface area contributed by atoms with E-state index >= 15 is 0 Å². The van der Waals surface area contributed by atoms with Gasteiger partial charge in [-0.3, -0.25) is 4.79 Å². The molecule has 2 heterocycles. The van der Waals surface area contributed by atoms with Gasteiger partial charge in [-0.2, -0.15) is 0 Å². The highest BCUT2D eigenvalue weighted by Crippen LogP contribution is 2.33. The lowest BCUT2D eigenvalue weighted by molar-refractivity contribution is -0.137.